The Bertz CT molecular complexity index is 1230. The van der Waals surface area contributed by atoms with Gasteiger partial charge >= 0.3 is 0 Å². The van der Waals surface area contributed by atoms with Gasteiger partial charge in [0.15, 0.2) is 0 Å². The molecular formula is C32H36Cl2N2O2. The van der Waals surface area contributed by atoms with Crippen molar-refractivity contribution in [2.75, 3.05) is 33.3 Å². The van der Waals surface area contributed by atoms with Crippen LogP contribution in [0.2, 0.25) is 10.0 Å². The van der Waals surface area contributed by atoms with Crippen LogP contribution in [-0.4, -0.2) is 55.0 Å². The number of hydrogen-bond donors (Lipinski definition) is 0. The Labute approximate surface area is 236 Å². The van der Waals surface area contributed by atoms with Crippen LogP contribution in [0.1, 0.15) is 41.9 Å². The molecular weight excluding hydrogens is 515 g/mol. The van der Waals surface area contributed by atoms with E-state index in [1.807, 2.05) is 36.4 Å². The van der Waals surface area contributed by atoms with Crippen molar-refractivity contribution in [1.82, 2.24) is 9.80 Å². The van der Waals surface area contributed by atoms with Gasteiger partial charge in [-0.3, -0.25) is 4.79 Å². The summed E-state index contributed by atoms with van der Waals surface area (Å²) in [5, 5.41) is 1.14. The van der Waals surface area contributed by atoms with Crippen LogP contribution in [-0.2, 0) is 17.6 Å². The van der Waals surface area contributed by atoms with Gasteiger partial charge < -0.3 is 14.5 Å². The van der Waals surface area contributed by atoms with Crippen molar-refractivity contribution in [2.24, 2.45) is 5.92 Å². The third kappa shape index (κ3) is 6.54. The fourth-order valence-electron chi connectivity index (χ4n) is 6.00. The number of nitrogens with zero attached hydrogens (tertiary/aromatic N) is 2. The van der Waals surface area contributed by atoms with E-state index in [9.17, 15) is 4.79 Å². The summed E-state index contributed by atoms with van der Waals surface area (Å²) in [6.07, 6.45) is 4.97. The highest BCUT2D eigenvalue weighted by Crippen LogP contribution is 2.39. The molecule has 5 rings (SSSR count). The van der Waals surface area contributed by atoms with Crippen molar-refractivity contribution in [2.45, 2.75) is 44.1 Å². The molecule has 38 heavy (non-hydrogen) atoms. The Morgan fingerprint density at radius 3 is 2.42 bits per heavy atom. The summed E-state index contributed by atoms with van der Waals surface area (Å²) in [6, 6.07) is 24.7. The smallest absolute Gasteiger partial charge is 0.227 e. The average Bonchev–Trinajstić information content (AvgIpc) is 2.92. The number of likely N-dealkylation sites (tertiary alicyclic amines) is 2. The van der Waals surface area contributed by atoms with E-state index < -0.39 is 0 Å². The maximum Gasteiger partial charge on any atom is 0.227 e. The summed E-state index contributed by atoms with van der Waals surface area (Å²) in [5.41, 5.74) is 3.58. The van der Waals surface area contributed by atoms with E-state index in [4.69, 9.17) is 27.9 Å². The summed E-state index contributed by atoms with van der Waals surface area (Å²) in [5.74, 6) is 1.97. The van der Waals surface area contributed by atoms with Crippen molar-refractivity contribution in [3.05, 3.63) is 99.5 Å². The van der Waals surface area contributed by atoms with Crippen LogP contribution in [0.4, 0.5) is 0 Å². The molecule has 2 aliphatic rings. The second-order valence-corrected chi connectivity index (χ2v) is 11.5. The molecule has 6 heteroatoms. The van der Waals surface area contributed by atoms with Gasteiger partial charge in [0, 0.05) is 25.0 Å². The molecule has 2 unspecified atom stereocenters. The first-order valence-corrected chi connectivity index (χ1v) is 14.4. The van der Waals surface area contributed by atoms with Gasteiger partial charge in [0.1, 0.15) is 5.75 Å². The number of piperidine rings is 1. The number of hydrogen-bond acceptors (Lipinski definition) is 3. The first-order chi connectivity index (χ1) is 18.5. The second-order valence-electron chi connectivity index (χ2n) is 10.7. The van der Waals surface area contributed by atoms with Gasteiger partial charge in [-0.15, -0.1) is 0 Å². The minimum atomic E-state index is 0.160. The predicted molar refractivity (Wildman–Crippen MR) is 155 cm³/mol. The minimum absolute atomic E-state index is 0.160. The quantitative estimate of drug-likeness (QED) is 0.291. The van der Waals surface area contributed by atoms with E-state index in [1.54, 1.807) is 7.11 Å². The maximum absolute atomic E-state index is 13.4. The summed E-state index contributed by atoms with van der Waals surface area (Å²) < 4.78 is 5.35. The van der Waals surface area contributed by atoms with Gasteiger partial charge in [-0.2, -0.15) is 0 Å². The molecule has 0 aromatic heterocycles. The Morgan fingerprint density at radius 2 is 1.68 bits per heavy atom. The number of halogens is 2. The molecule has 200 valence electrons. The lowest BCUT2D eigenvalue weighted by Gasteiger charge is -2.49. The molecule has 0 spiro atoms. The van der Waals surface area contributed by atoms with Gasteiger partial charge in [-0.05, 0) is 85.6 Å². The van der Waals surface area contributed by atoms with Gasteiger partial charge in [-0.25, -0.2) is 0 Å². The number of ether oxygens (including phenoxy) is 1. The van der Waals surface area contributed by atoms with Crippen molar-refractivity contribution < 1.29 is 9.53 Å². The fourth-order valence-corrected chi connectivity index (χ4v) is 6.30. The van der Waals surface area contributed by atoms with E-state index in [-0.39, 0.29) is 17.9 Å². The van der Waals surface area contributed by atoms with Crippen LogP contribution in [0.5, 0.6) is 5.75 Å². The van der Waals surface area contributed by atoms with Gasteiger partial charge in [0.05, 0.1) is 23.6 Å². The largest absolute Gasteiger partial charge is 0.497 e. The summed E-state index contributed by atoms with van der Waals surface area (Å²) in [7, 11) is 1.65. The molecule has 0 saturated carbocycles. The normalized spacial score (nSPS) is 20.2. The summed E-state index contributed by atoms with van der Waals surface area (Å²) >= 11 is 12.5. The highest BCUT2D eigenvalue weighted by molar-refractivity contribution is 6.42. The van der Waals surface area contributed by atoms with Crippen molar-refractivity contribution in [1.29, 1.82) is 0 Å². The topological polar surface area (TPSA) is 32.8 Å². The van der Waals surface area contributed by atoms with Crippen LogP contribution in [0.3, 0.4) is 0 Å². The van der Waals surface area contributed by atoms with E-state index in [0.717, 1.165) is 48.8 Å². The highest BCUT2D eigenvalue weighted by atomic mass is 35.5. The Balaban J connectivity index is 1.21. The van der Waals surface area contributed by atoms with E-state index in [2.05, 4.69) is 46.2 Å². The number of methoxy groups -OCH3 is 1. The maximum atomic E-state index is 13.4. The van der Waals surface area contributed by atoms with Crippen LogP contribution in [0.25, 0.3) is 0 Å². The summed E-state index contributed by atoms with van der Waals surface area (Å²) in [4.78, 5) is 18.0. The SMILES string of the molecule is COc1cccc(CC(=O)N2CC(c3ccc(Cl)c(Cl)c3)C2CCN2CCC(Cc3ccccc3)CC2)c1. The highest BCUT2D eigenvalue weighted by Gasteiger charge is 2.42. The van der Waals surface area contributed by atoms with E-state index >= 15 is 0 Å². The number of amides is 1. The molecule has 0 radical (unpaired) electrons. The van der Waals surface area contributed by atoms with Crippen LogP contribution >= 0.6 is 23.2 Å². The standard InChI is InChI=1S/C32H36Cl2N2O2/c1-38-27-9-5-8-25(19-27)20-32(37)36-22-28(26-10-11-29(33)30(34)21-26)31(36)14-17-35-15-12-24(13-16-35)18-23-6-3-2-4-7-23/h2-11,19,21,24,28,31H,12-18,20,22H2,1H3. The Kier molecular flexibility index (Phi) is 8.93. The number of benzene rings is 3. The van der Waals surface area contributed by atoms with Crippen molar-refractivity contribution in [3.63, 3.8) is 0 Å². The Morgan fingerprint density at radius 1 is 0.921 bits per heavy atom. The lowest BCUT2D eigenvalue weighted by molar-refractivity contribution is -0.140. The third-order valence-electron chi connectivity index (χ3n) is 8.26. The molecule has 0 aliphatic carbocycles. The van der Waals surface area contributed by atoms with Gasteiger partial charge in [-0.1, -0.05) is 71.7 Å². The lowest BCUT2D eigenvalue weighted by Crippen LogP contribution is -2.58. The Hall–Kier alpha value is -2.53. The zero-order valence-corrected chi connectivity index (χ0v) is 23.5. The molecule has 3 aromatic carbocycles. The molecule has 0 bridgehead atoms. The molecule has 2 fully saturated rings. The number of carbonyl (C=O) groups excluding carboxylic acids is 1. The number of rotatable bonds is 9. The first kappa shape index (κ1) is 27.1. The third-order valence-corrected chi connectivity index (χ3v) is 8.99. The minimum Gasteiger partial charge on any atom is -0.497 e. The molecule has 2 aliphatic heterocycles. The predicted octanol–water partition coefficient (Wildman–Crippen LogP) is 6.88. The summed E-state index contributed by atoms with van der Waals surface area (Å²) in [6.45, 7) is 3.97. The van der Waals surface area contributed by atoms with Crippen molar-refractivity contribution in [3.8, 4) is 5.75 Å². The molecule has 3 aromatic rings. The van der Waals surface area contributed by atoms with Crippen LogP contribution in [0.15, 0.2) is 72.8 Å². The van der Waals surface area contributed by atoms with E-state index in [0.29, 0.717) is 23.0 Å². The monoisotopic (exact) mass is 550 g/mol. The molecule has 4 nitrogen and oxygen atoms in total. The number of carbonyl (C=O) groups is 1. The van der Waals surface area contributed by atoms with Gasteiger partial charge in [0.2, 0.25) is 5.91 Å². The average molecular weight is 552 g/mol. The van der Waals surface area contributed by atoms with E-state index in [1.165, 1.54) is 24.8 Å². The molecule has 2 saturated heterocycles. The first-order valence-electron chi connectivity index (χ1n) is 13.6. The molecule has 2 atom stereocenters. The lowest BCUT2D eigenvalue weighted by atomic mass is 9.80. The van der Waals surface area contributed by atoms with Crippen LogP contribution in [0, 0.1) is 5.92 Å². The van der Waals surface area contributed by atoms with Crippen molar-refractivity contribution >= 4 is 29.1 Å². The fraction of sp³-hybridized carbons (Fsp3) is 0.406. The molecule has 1 amide bonds. The zero-order chi connectivity index (χ0) is 26.5. The second kappa shape index (κ2) is 12.5. The van der Waals surface area contributed by atoms with Gasteiger partial charge in [0.25, 0.3) is 0 Å². The zero-order valence-electron chi connectivity index (χ0n) is 22.0. The molecule has 0 N–H and O–H groups in total. The molecule has 2 heterocycles. The van der Waals surface area contributed by atoms with Crippen LogP contribution < -0.4 is 4.74 Å².